The lowest BCUT2D eigenvalue weighted by Crippen LogP contribution is -2.50. The minimum atomic E-state index is -0.188. The number of hydrogen-bond donors (Lipinski definition) is 1. The van der Waals surface area contributed by atoms with Gasteiger partial charge in [-0.15, -0.1) is 24.0 Å². The van der Waals surface area contributed by atoms with Gasteiger partial charge in [-0.05, 0) is 56.6 Å². The van der Waals surface area contributed by atoms with Crippen LogP contribution in [0.2, 0.25) is 0 Å². The normalized spacial score (nSPS) is 24.5. The van der Waals surface area contributed by atoms with Crippen LogP contribution >= 0.6 is 24.0 Å². The summed E-state index contributed by atoms with van der Waals surface area (Å²) in [6, 6.07) is 4.29. The molecule has 2 aliphatic heterocycles. The lowest BCUT2D eigenvalue weighted by Gasteiger charge is -2.34. The van der Waals surface area contributed by atoms with Crippen LogP contribution in [-0.2, 0) is 11.2 Å². The van der Waals surface area contributed by atoms with Gasteiger partial charge >= 0.3 is 6.09 Å². The number of hydrogen-bond acceptors (Lipinski definition) is 4. The van der Waals surface area contributed by atoms with Gasteiger partial charge in [0.15, 0.2) is 5.96 Å². The number of amides is 1. The summed E-state index contributed by atoms with van der Waals surface area (Å²) in [6.45, 7) is 6.73. The summed E-state index contributed by atoms with van der Waals surface area (Å²) in [5, 5.41) is 3.75. The van der Waals surface area contributed by atoms with Crippen LogP contribution in [0.15, 0.2) is 27.8 Å². The second-order valence-corrected chi connectivity index (χ2v) is 8.85. The Labute approximate surface area is 203 Å². The minimum Gasteiger partial charge on any atom is -0.469 e. The molecule has 8 heteroatoms. The van der Waals surface area contributed by atoms with E-state index in [0.717, 1.165) is 75.5 Å². The second kappa shape index (κ2) is 12.0. The number of fused-ring (bicyclic) bond motifs is 1. The van der Waals surface area contributed by atoms with Gasteiger partial charge in [0, 0.05) is 45.2 Å². The Morgan fingerprint density at radius 1 is 1.16 bits per heavy atom. The molecular weight excluding hydrogens is 507 g/mol. The number of carbonyl (C=O) groups excluding carboxylic acids is 1. The van der Waals surface area contributed by atoms with Crippen LogP contribution in [0.3, 0.4) is 0 Å². The van der Waals surface area contributed by atoms with Gasteiger partial charge in [0.2, 0.25) is 0 Å². The van der Waals surface area contributed by atoms with Gasteiger partial charge in [0.1, 0.15) is 5.76 Å². The van der Waals surface area contributed by atoms with Crippen molar-refractivity contribution in [3.8, 4) is 0 Å². The van der Waals surface area contributed by atoms with E-state index in [1.54, 1.807) is 6.26 Å². The molecule has 1 N–H and O–H groups in total. The molecule has 174 valence electrons. The highest BCUT2D eigenvalue weighted by Crippen LogP contribution is 2.36. The summed E-state index contributed by atoms with van der Waals surface area (Å²) in [7, 11) is 0. The van der Waals surface area contributed by atoms with Crippen molar-refractivity contribution >= 4 is 36.0 Å². The first-order valence-corrected chi connectivity index (χ1v) is 11.7. The van der Waals surface area contributed by atoms with E-state index in [4.69, 9.17) is 14.1 Å². The number of furan rings is 1. The third-order valence-corrected chi connectivity index (χ3v) is 6.83. The zero-order valence-electron chi connectivity index (χ0n) is 18.6. The number of piperidine rings is 1. The van der Waals surface area contributed by atoms with Crippen LogP contribution in [0.5, 0.6) is 0 Å². The Morgan fingerprint density at radius 2 is 1.87 bits per heavy atom. The first-order valence-electron chi connectivity index (χ1n) is 11.7. The fourth-order valence-electron chi connectivity index (χ4n) is 5.15. The van der Waals surface area contributed by atoms with Crippen LogP contribution in [-0.4, -0.2) is 67.2 Å². The van der Waals surface area contributed by atoms with Crippen molar-refractivity contribution in [3.63, 3.8) is 0 Å². The first-order chi connectivity index (χ1) is 14.7. The smallest absolute Gasteiger partial charge is 0.409 e. The molecule has 0 aromatic carbocycles. The number of halogens is 1. The van der Waals surface area contributed by atoms with Gasteiger partial charge in [-0.3, -0.25) is 4.99 Å². The second-order valence-electron chi connectivity index (χ2n) is 8.85. The van der Waals surface area contributed by atoms with Crippen LogP contribution < -0.4 is 5.32 Å². The highest BCUT2D eigenvalue weighted by Gasteiger charge is 2.36. The number of aliphatic imine (C=N–C) groups is 1. The van der Waals surface area contributed by atoms with E-state index in [1.807, 2.05) is 24.0 Å². The van der Waals surface area contributed by atoms with Gasteiger partial charge in [-0.1, -0.05) is 12.8 Å². The van der Waals surface area contributed by atoms with E-state index in [9.17, 15) is 4.79 Å². The summed E-state index contributed by atoms with van der Waals surface area (Å²) in [5.74, 6) is 3.67. The first kappa shape index (κ1) is 24.2. The summed E-state index contributed by atoms with van der Waals surface area (Å²) in [6.07, 6.45) is 9.68. The Kier molecular flexibility index (Phi) is 9.34. The molecule has 1 amide bonds. The maximum atomic E-state index is 12.0. The molecule has 31 heavy (non-hydrogen) atoms. The largest absolute Gasteiger partial charge is 0.469 e. The monoisotopic (exact) mass is 544 g/mol. The fourth-order valence-corrected chi connectivity index (χ4v) is 5.15. The minimum absolute atomic E-state index is 0. The average molecular weight is 544 g/mol. The number of guanidine groups is 1. The Morgan fingerprint density at radius 3 is 2.48 bits per heavy atom. The van der Waals surface area contributed by atoms with E-state index >= 15 is 0 Å². The van der Waals surface area contributed by atoms with Crippen molar-refractivity contribution in [2.45, 2.75) is 57.9 Å². The molecule has 1 aromatic heterocycles. The molecule has 3 fully saturated rings. The van der Waals surface area contributed by atoms with Gasteiger partial charge < -0.3 is 24.3 Å². The van der Waals surface area contributed by atoms with E-state index < -0.39 is 0 Å². The van der Waals surface area contributed by atoms with Crippen LogP contribution in [0, 0.1) is 11.8 Å². The van der Waals surface area contributed by atoms with Crippen LogP contribution in [0.4, 0.5) is 4.79 Å². The summed E-state index contributed by atoms with van der Waals surface area (Å²) >= 11 is 0. The number of rotatable bonds is 5. The SMILES string of the molecule is CCOC(=O)N1CCC(NC(=NCCc2ccco2)N2CC3CCCCC3C2)CC1.I. The van der Waals surface area contributed by atoms with E-state index in [1.165, 1.54) is 25.7 Å². The van der Waals surface area contributed by atoms with Crippen molar-refractivity contribution in [3.05, 3.63) is 24.2 Å². The van der Waals surface area contributed by atoms with Gasteiger partial charge in [0.25, 0.3) is 0 Å². The zero-order valence-corrected chi connectivity index (χ0v) is 21.0. The average Bonchev–Trinajstić information content (AvgIpc) is 3.43. The van der Waals surface area contributed by atoms with Crippen molar-refractivity contribution in [2.24, 2.45) is 16.8 Å². The molecule has 7 nitrogen and oxygen atoms in total. The molecular formula is C23H37IN4O3. The Bertz CT molecular complexity index is 690. The molecule has 0 spiro atoms. The standard InChI is InChI=1S/C23H36N4O3.HI/c1-2-29-23(28)26-13-10-20(11-14-26)25-22(24-12-9-21-8-5-15-30-21)27-16-18-6-3-4-7-19(18)17-27;/h5,8,15,18-20H,2-4,6-7,9-14,16-17H2,1H3,(H,24,25);1H. The zero-order chi connectivity index (χ0) is 20.8. The quantitative estimate of drug-likeness (QED) is 0.343. The molecule has 3 aliphatic rings. The Hall–Kier alpha value is -1.45. The van der Waals surface area contributed by atoms with Crippen molar-refractivity contribution < 1.29 is 13.9 Å². The van der Waals surface area contributed by atoms with Crippen molar-refractivity contribution in [1.82, 2.24) is 15.1 Å². The number of carbonyl (C=O) groups is 1. The van der Waals surface area contributed by atoms with Crippen LogP contribution in [0.25, 0.3) is 0 Å². The van der Waals surface area contributed by atoms with E-state index in [0.29, 0.717) is 12.6 Å². The third kappa shape index (κ3) is 6.52. The molecule has 1 aromatic rings. The molecule has 3 heterocycles. The molecule has 2 atom stereocenters. The lowest BCUT2D eigenvalue weighted by atomic mass is 9.82. The molecule has 4 rings (SSSR count). The van der Waals surface area contributed by atoms with Crippen molar-refractivity contribution in [2.75, 3.05) is 39.3 Å². The molecule has 0 bridgehead atoms. The van der Waals surface area contributed by atoms with E-state index in [-0.39, 0.29) is 30.1 Å². The molecule has 0 radical (unpaired) electrons. The number of nitrogens with one attached hydrogen (secondary N) is 1. The molecule has 2 saturated heterocycles. The summed E-state index contributed by atoms with van der Waals surface area (Å²) < 4.78 is 10.6. The maximum absolute atomic E-state index is 12.0. The fraction of sp³-hybridized carbons (Fsp3) is 0.739. The van der Waals surface area contributed by atoms with Gasteiger partial charge in [-0.2, -0.15) is 0 Å². The highest BCUT2D eigenvalue weighted by molar-refractivity contribution is 14.0. The van der Waals surface area contributed by atoms with E-state index in [2.05, 4.69) is 10.2 Å². The maximum Gasteiger partial charge on any atom is 0.409 e. The number of nitrogens with zero attached hydrogens (tertiary/aromatic N) is 3. The van der Waals surface area contributed by atoms with Crippen molar-refractivity contribution in [1.29, 1.82) is 0 Å². The summed E-state index contributed by atoms with van der Waals surface area (Å²) in [4.78, 5) is 21.3. The van der Waals surface area contributed by atoms with Gasteiger partial charge in [-0.25, -0.2) is 4.79 Å². The predicted molar refractivity (Wildman–Crippen MR) is 132 cm³/mol. The highest BCUT2D eigenvalue weighted by atomic mass is 127. The molecule has 2 unspecified atom stereocenters. The van der Waals surface area contributed by atoms with Crippen LogP contribution in [0.1, 0.15) is 51.2 Å². The number of ether oxygens (including phenoxy) is 1. The summed E-state index contributed by atoms with van der Waals surface area (Å²) in [5.41, 5.74) is 0. The third-order valence-electron chi connectivity index (χ3n) is 6.83. The lowest BCUT2D eigenvalue weighted by molar-refractivity contribution is 0.0961. The predicted octanol–water partition coefficient (Wildman–Crippen LogP) is 4.13. The molecule has 1 saturated carbocycles. The Balaban J connectivity index is 0.00000272. The number of likely N-dealkylation sites (tertiary alicyclic amines) is 2. The van der Waals surface area contributed by atoms with Gasteiger partial charge in [0.05, 0.1) is 12.9 Å². The molecule has 1 aliphatic carbocycles. The topological polar surface area (TPSA) is 70.3 Å².